The molecule has 11 heavy (non-hydrogen) atoms. The predicted octanol–water partition coefficient (Wildman–Crippen LogP) is -0.886. The summed E-state index contributed by atoms with van der Waals surface area (Å²) < 4.78 is 0. The van der Waals surface area contributed by atoms with Crippen molar-refractivity contribution in [1.29, 1.82) is 0 Å². The molecule has 1 aliphatic rings. The van der Waals surface area contributed by atoms with Gasteiger partial charge in [0.2, 0.25) is 11.8 Å². The second-order valence-corrected chi connectivity index (χ2v) is 2.81. The first-order valence-corrected chi connectivity index (χ1v) is 3.66. The molecule has 1 fully saturated rings. The van der Waals surface area contributed by atoms with Crippen LogP contribution in [0.2, 0.25) is 0 Å². The van der Waals surface area contributed by atoms with E-state index in [0.29, 0.717) is 6.54 Å². The van der Waals surface area contributed by atoms with Crippen molar-refractivity contribution in [3.05, 3.63) is 0 Å². The van der Waals surface area contributed by atoms with Crippen LogP contribution in [0.5, 0.6) is 0 Å². The third-order valence-electron chi connectivity index (χ3n) is 1.98. The summed E-state index contributed by atoms with van der Waals surface area (Å²) in [5, 5.41) is 5.10. The molecule has 1 aliphatic heterocycles. The molecule has 1 rings (SSSR count). The van der Waals surface area contributed by atoms with Crippen LogP contribution in [-0.4, -0.2) is 25.4 Å². The van der Waals surface area contributed by atoms with Crippen molar-refractivity contribution >= 4 is 11.8 Å². The summed E-state index contributed by atoms with van der Waals surface area (Å²) in [4.78, 5) is 22.1. The van der Waals surface area contributed by atoms with E-state index >= 15 is 0 Å². The molecule has 0 aromatic carbocycles. The number of hydrogen-bond donors (Lipinski definition) is 2. The molecule has 2 amide bonds. The van der Waals surface area contributed by atoms with Crippen molar-refractivity contribution in [1.82, 2.24) is 10.6 Å². The second kappa shape index (κ2) is 2.90. The van der Waals surface area contributed by atoms with Gasteiger partial charge in [-0.2, -0.15) is 0 Å². The van der Waals surface area contributed by atoms with Gasteiger partial charge in [-0.25, -0.2) is 0 Å². The Morgan fingerprint density at radius 2 is 2.36 bits per heavy atom. The smallest absolute Gasteiger partial charge is 0.232 e. The zero-order chi connectivity index (χ0) is 8.43. The van der Waals surface area contributed by atoms with Gasteiger partial charge in [0.25, 0.3) is 0 Å². The van der Waals surface area contributed by atoms with E-state index in [2.05, 4.69) is 10.6 Å². The van der Waals surface area contributed by atoms with Crippen LogP contribution in [0.3, 0.4) is 0 Å². The summed E-state index contributed by atoms with van der Waals surface area (Å²) in [6, 6.07) is 0. The van der Waals surface area contributed by atoms with Crippen molar-refractivity contribution in [2.75, 3.05) is 13.6 Å². The van der Waals surface area contributed by atoms with E-state index in [-0.39, 0.29) is 17.7 Å². The minimum atomic E-state index is -0.486. The molecule has 0 spiro atoms. The second-order valence-electron chi connectivity index (χ2n) is 2.81. The molecule has 1 heterocycles. The summed E-state index contributed by atoms with van der Waals surface area (Å²) >= 11 is 0. The van der Waals surface area contributed by atoms with Crippen molar-refractivity contribution < 1.29 is 9.59 Å². The molecule has 4 nitrogen and oxygen atoms in total. The van der Waals surface area contributed by atoms with Crippen molar-refractivity contribution in [2.45, 2.75) is 6.92 Å². The normalized spacial score (nSPS) is 29.8. The Hall–Kier alpha value is -1.06. The summed E-state index contributed by atoms with van der Waals surface area (Å²) in [5.41, 5.74) is 0. The summed E-state index contributed by atoms with van der Waals surface area (Å²) in [7, 11) is 1.54. The highest BCUT2D eigenvalue weighted by molar-refractivity contribution is 6.01. The first kappa shape index (κ1) is 8.04. The van der Waals surface area contributed by atoms with E-state index in [0.717, 1.165) is 0 Å². The standard InChI is InChI=1S/C7H12N2O2/c1-4-3-9-7(11)5(4)6(10)8-2/h4-5H,3H2,1-2H3,(H,8,10)(H,9,11)/t4-,5-/m1/s1. The van der Waals surface area contributed by atoms with Crippen LogP contribution in [0, 0.1) is 11.8 Å². The number of rotatable bonds is 1. The molecule has 0 saturated carbocycles. The minimum absolute atomic E-state index is 0.113. The highest BCUT2D eigenvalue weighted by Crippen LogP contribution is 2.16. The first-order chi connectivity index (χ1) is 5.16. The third-order valence-corrected chi connectivity index (χ3v) is 1.98. The number of amides is 2. The summed E-state index contributed by atoms with van der Waals surface area (Å²) in [6.07, 6.45) is 0. The number of carbonyl (C=O) groups excluding carboxylic acids is 2. The van der Waals surface area contributed by atoms with Gasteiger partial charge in [-0.15, -0.1) is 0 Å². The molecule has 0 unspecified atom stereocenters. The van der Waals surface area contributed by atoms with Gasteiger partial charge < -0.3 is 10.6 Å². The van der Waals surface area contributed by atoms with Crippen molar-refractivity contribution in [2.24, 2.45) is 11.8 Å². The maximum atomic E-state index is 11.1. The molecule has 0 aliphatic carbocycles. The lowest BCUT2D eigenvalue weighted by Crippen LogP contribution is -2.34. The molecule has 2 N–H and O–H groups in total. The van der Waals surface area contributed by atoms with Gasteiger partial charge in [-0.05, 0) is 5.92 Å². The SMILES string of the molecule is CNC(=O)[C@@H]1C(=O)NC[C@H]1C. The summed E-state index contributed by atoms with van der Waals surface area (Å²) in [6.45, 7) is 2.49. The quantitative estimate of drug-likeness (QED) is 0.484. The number of nitrogens with one attached hydrogen (secondary N) is 2. The Labute approximate surface area is 65.3 Å². The van der Waals surface area contributed by atoms with Crippen LogP contribution in [-0.2, 0) is 9.59 Å². The van der Waals surface area contributed by atoms with Gasteiger partial charge in [0.15, 0.2) is 0 Å². The first-order valence-electron chi connectivity index (χ1n) is 3.66. The molecular weight excluding hydrogens is 144 g/mol. The zero-order valence-electron chi connectivity index (χ0n) is 6.68. The Morgan fingerprint density at radius 3 is 2.73 bits per heavy atom. The van der Waals surface area contributed by atoms with Crippen molar-refractivity contribution in [3.8, 4) is 0 Å². The van der Waals surface area contributed by atoms with E-state index in [1.165, 1.54) is 0 Å². The number of hydrogen-bond acceptors (Lipinski definition) is 2. The lowest BCUT2D eigenvalue weighted by Gasteiger charge is -2.08. The maximum absolute atomic E-state index is 11.1. The van der Waals surface area contributed by atoms with Gasteiger partial charge in [-0.1, -0.05) is 6.92 Å². The van der Waals surface area contributed by atoms with E-state index < -0.39 is 5.92 Å². The predicted molar refractivity (Wildman–Crippen MR) is 39.7 cm³/mol. The Kier molecular flexibility index (Phi) is 2.12. The van der Waals surface area contributed by atoms with E-state index in [1.54, 1.807) is 7.05 Å². The average molecular weight is 156 g/mol. The van der Waals surface area contributed by atoms with Gasteiger partial charge in [0.05, 0.1) is 0 Å². The van der Waals surface area contributed by atoms with E-state index in [9.17, 15) is 9.59 Å². The van der Waals surface area contributed by atoms with E-state index in [1.807, 2.05) is 6.92 Å². The maximum Gasteiger partial charge on any atom is 0.232 e. The monoisotopic (exact) mass is 156 g/mol. The largest absolute Gasteiger partial charge is 0.358 e. The summed E-state index contributed by atoms with van der Waals surface area (Å²) in [5.74, 6) is -0.716. The molecular formula is C7H12N2O2. The molecule has 62 valence electrons. The van der Waals surface area contributed by atoms with Crippen LogP contribution in [0.4, 0.5) is 0 Å². The lowest BCUT2D eigenvalue weighted by atomic mass is 9.97. The van der Waals surface area contributed by atoms with Crippen molar-refractivity contribution in [3.63, 3.8) is 0 Å². The molecule has 1 saturated heterocycles. The van der Waals surface area contributed by atoms with Gasteiger partial charge in [0.1, 0.15) is 5.92 Å². The average Bonchev–Trinajstić information content (AvgIpc) is 2.30. The number of carbonyl (C=O) groups is 2. The molecule has 4 heteroatoms. The van der Waals surface area contributed by atoms with Gasteiger partial charge >= 0.3 is 0 Å². The highest BCUT2D eigenvalue weighted by Gasteiger charge is 2.36. The van der Waals surface area contributed by atoms with Crippen LogP contribution in [0.1, 0.15) is 6.92 Å². The topological polar surface area (TPSA) is 58.2 Å². The molecule has 0 aromatic rings. The van der Waals surface area contributed by atoms with Crippen LogP contribution >= 0.6 is 0 Å². The Bertz CT molecular complexity index is 191. The molecule has 0 bridgehead atoms. The minimum Gasteiger partial charge on any atom is -0.358 e. The van der Waals surface area contributed by atoms with Gasteiger partial charge in [0, 0.05) is 13.6 Å². The Balaban J connectivity index is 2.68. The third kappa shape index (κ3) is 1.34. The van der Waals surface area contributed by atoms with Crippen LogP contribution in [0.25, 0.3) is 0 Å². The lowest BCUT2D eigenvalue weighted by molar-refractivity contribution is -0.133. The molecule has 2 atom stereocenters. The Morgan fingerprint density at radius 1 is 1.73 bits per heavy atom. The fourth-order valence-electron chi connectivity index (χ4n) is 1.28. The fraction of sp³-hybridized carbons (Fsp3) is 0.714. The van der Waals surface area contributed by atoms with Crippen LogP contribution < -0.4 is 10.6 Å². The van der Waals surface area contributed by atoms with Gasteiger partial charge in [-0.3, -0.25) is 9.59 Å². The fourth-order valence-corrected chi connectivity index (χ4v) is 1.28. The van der Waals surface area contributed by atoms with Crippen LogP contribution in [0.15, 0.2) is 0 Å². The highest BCUT2D eigenvalue weighted by atomic mass is 16.2. The molecule has 0 aromatic heterocycles. The molecule has 0 radical (unpaired) electrons. The van der Waals surface area contributed by atoms with E-state index in [4.69, 9.17) is 0 Å². The zero-order valence-corrected chi connectivity index (χ0v) is 6.68.